The van der Waals surface area contributed by atoms with Crippen molar-refractivity contribution in [2.45, 2.75) is 29.8 Å². The molecule has 112 valence electrons. The van der Waals surface area contributed by atoms with Crippen LogP contribution < -0.4 is 11.1 Å². The van der Waals surface area contributed by atoms with Crippen molar-refractivity contribution in [1.82, 2.24) is 15.2 Å². The van der Waals surface area contributed by atoms with Crippen molar-refractivity contribution in [3.05, 3.63) is 30.6 Å². The van der Waals surface area contributed by atoms with Crippen LogP contribution in [0, 0.1) is 5.92 Å². The summed E-state index contributed by atoms with van der Waals surface area (Å²) in [6.45, 7) is 2.66. The number of carbonyl (C=O) groups is 1. The summed E-state index contributed by atoms with van der Waals surface area (Å²) in [6, 6.07) is 7.63. The molecule has 21 heavy (non-hydrogen) atoms. The summed E-state index contributed by atoms with van der Waals surface area (Å²) < 4.78 is 0. The second-order valence-electron chi connectivity index (χ2n) is 4.84. The molecule has 0 bridgehead atoms. The molecule has 7 heteroatoms. The highest BCUT2D eigenvalue weighted by Gasteiger charge is 2.06. The van der Waals surface area contributed by atoms with E-state index in [1.165, 1.54) is 18.1 Å². The van der Waals surface area contributed by atoms with Gasteiger partial charge in [0.25, 0.3) is 0 Å². The number of benzene rings is 1. The predicted octanol–water partition coefficient (Wildman–Crippen LogP) is 2.27. The van der Waals surface area contributed by atoms with E-state index < -0.39 is 0 Å². The van der Waals surface area contributed by atoms with Crippen LogP contribution in [0.5, 0.6) is 0 Å². The topological polar surface area (TPSA) is 96.7 Å². The van der Waals surface area contributed by atoms with Crippen LogP contribution in [-0.2, 0) is 4.79 Å². The Labute approximate surface area is 127 Å². The van der Waals surface area contributed by atoms with Gasteiger partial charge in [-0.1, -0.05) is 18.7 Å². The summed E-state index contributed by atoms with van der Waals surface area (Å²) in [5.41, 5.74) is 6.33. The van der Waals surface area contributed by atoms with Crippen LogP contribution in [0.4, 0.5) is 5.69 Å². The van der Waals surface area contributed by atoms with Gasteiger partial charge in [-0.3, -0.25) is 9.89 Å². The van der Waals surface area contributed by atoms with Crippen LogP contribution in [0.15, 0.2) is 40.6 Å². The lowest BCUT2D eigenvalue weighted by Gasteiger charge is -2.09. The van der Waals surface area contributed by atoms with Gasteiger partial charge < -0.3 is 11.1 Å². The minimum absolute atomic E-state index is 0.0194. The number of carbonyl (C=O) groups excluding carboxylic acids is 1. The minimum atomic E-state index is 0.0194. The van der Waals surface area contributed by atoms with E-state index in [0.717, 1.165) is 22.2 Å². The zero-order chi connectivity index (χ0) is 15.1. The number of aromatic amines is 1. The Morgan fingerprint density at radius 3 is 2.81 bits per heavy atom. The maximum atomic E-state index is 11.8. The van der Waals surface area contributed by atoms with Gasteiger partial charge in [-0.25, -0.2) is 4.98 Å². The van der Waals surface area contributed by atoms with Gasteiger partial charge in [-0.05, 0) is 43.1 Å². The van der Waals surface area contributed by atoms with E-state index in [2.05, 4.69) is 20.5 Å². The Hall–Kier alpha value is -1.86. The van der Waals surface area contributed by atoms with Gasteiger partial charge in [0.15, 0.2) is 5.16 Å². The zero-order valence-corrected chi connectivity index (χ0v) is 12.7. The van der Waals surface area contributed by atoms with Gasteiger partial charge in [0, 0.05) is 17.0 Å². The van der Waals surface area contributed by atoms with E-state index in [4.69, 9.17) is 5.73 Å². The molecule has 4 N–H and O–H groups in total. The second-order valence-corrected chi connectivity index (χ2v) is 5.91. The Bertz CT molecular complexity index is 555. The standard InChI is InChI=1S/C14H19N5OS/c1-10(8-15)2-7-13(20)18-11-3-5-12(6-4-11)21-14-16-9-17-19-14/h3-6,9-10H,2,7-8,15H2,1H3,(H,18,20)(H,16,17,19). The van der Waals surface area contributed by atoms with Crippen molar-refractivity contribution in [1.29, 1.82) is 0 Å². The molecule has 0 radical (unpaired) electrons. The Kier molecular flexibility index (Phi) is 5.77. The predicted molar refractivity (Wildman–Crippen MR) is 83.0 cm³/mol. The maximum absolute atomic E-state index is 11.8. The lowest BCUT2D eigenvalue weighted by atomic mass is 10.1. The third-order valence-electron chi connectivity index (χ3n) is 3.01. The summed E-state index contributed by atoms with van der Waals surface area (Å²) in [5, 5.41) is 10.2. The smallest absolute Gasteiger partial charge is 0.224 e. The van der Waals surface area contributed by atoms with E-state index in [1.54, 1.807) is 0 Å². The number of nitrogens with two attached hydrogens (primary N) is 1. The lowest BCUT2D eigenvalue weighted by molar-refractivity contribution is -0.116. The molecule has 1 aromatic carbocycles. The van der Waals surface area contributed by atoms with Gasteiger partial charge in [-0.15, -0.1) is 0 Å². The largest absolute Gasteiger partial charge is 0.330 e. The molecule has 1 unspecified atom stereocenters. The van der Waals surface area contributed by atoms with Gasteiger partial charge in [0.2, 0.25) is 5.91 Å². The van der Waals surface area contributed by atoms with Crippen molar-refractivity contribution in [2.24, 2.45) is 11.7 Å². The molecule has 0 saturated carbocycles. The number of H-pyrrole nitrogens is 1. The molecule has 0 fully saturated rings. The van der Waals surface area contributed by atoms with Crippen LogP contribution >= 0.6 is 11.8 Å². The first-order chi connectivity index (χ1) is 10.2. The molecular formula is C14H19N5OS. The van der Waals surface area contributed by atoms with Gasteiger partial charge in [0.1, 0.15) is 6.33 Å². The summed E-state index contributed by atoms with van der Waals surface area (Å²) in [5.74, 6) is 0.391. The average molecular weight is 305 g/mol. The van der Waals surface area contributed by atoms with Crippen molar-refractivity contribution in [3.63, 3.8) is 0 Å². The molecule has 2 rings (SSSR count). The third kappa shape index (κ3) is 5.20. The maximum Gasteiger partial charge on any atom is 0.224 e. The number of nitrogens with one attached hydrogen (secondary N) is 2. The molecule has 2 aromatic rings. The SMILES string of the molecule is CC(CN)CCC(=O)Nc1ccc(Sc2ncn[nH]2)cc1. The molecule has 1 amide bonds. The second kappa shape index (κ2) is 7.80. The normalized spacial score (nSPS) is 12.1. The molecule has 0 aliphatic carbocycles. The number of anilines is 1. The molecule has 6 nitrogen and oxygen atoms in total. The van der Waals surface area contributed by atoms with Crippen LogP contribution in [-0.4, -0.2) is 27.6 Å². The van der Waals surface area contributed by atoms with Crippen LogP contribution in [0.25, 0.3) is 0 Å². The van der Waals surface area contributed by atoms with Crippen molar-refractivity contribution >= 4 is 23.4 Å². The van der Waals surface area contributed by atoms with E-state index in [-0.39, 0.29) is 5.91 Å². The summed E-state index contributed by atoms with van der Waals surface area (Å²) >= 11 is 1.48. The lowest BCUT2D eigenvalue weighted by Crippen LogP contribution is -2.16. The van der Waals surface area contributed by atoms with E-state index in [0.29, 0.717) is 18.9 Å². The fourth-order valence-corrected chi connectivity index (χ4v) is 2.37. The van der Waals surface area contributed by atoms with E-state index in [1.807, 2.05) is 31.2 Å². The van der Waals surface area contributed by atoms with Crippen LogP contribution in [0.1, 0.15) is 19.8 Å². The number of hydrogen-bond donors (Lipinski definition) is 3. The van der Waals surface area contributed by atoms with Crippen LogP contribution in [0.2, 0.25) is 0 Å². The summed E-state index contributed by atoms with van der Waals surface area (Å²) in [6.07, 6.45) is 2.77. The molecule has 0 saturated heterocycles. The highest BCUT2D eigenvalue weighted by molar-refractivity contribution is 7.99. The molecule has 1 heterocycles. The number of rotatable bonds is 7. The van der Waals surface area contributed by atoms with Crippen molar-refractivity contribution in [2.75, 3.05) is 11.9 Å². The third-order valence-corrected chi connectivity index (χ3v) is 3.91. The minimum Gasteiger partial charge on any atom is -0.330 e. The van der Waals surface area contributed by atoms with E-state index >= 15 is 0 Å². The first-order valence-electron chi connectivity index (χ1n) is 6.80. The fourth-order valence-electron chi connectivity index (χ4n) is 1.68. The zero-order valence-electron chi connectivity index (χ0n) is 11.9. The Morgan fingerprint density at radius 2 is 2.19 bits per heavy atom. The Morgan fingerprint density at radius 1 is 1.43 bits per heavy atom. The number of amides is 1. The molecule has 1 atom stereocenters. The monoisotopic (exact) mass is 305 g/mol. The molecule has 0 aliphatic heterocycles. The van der Waals surface area contributed by atoms with Crippen LogP contribution in [0.3, 0.4) is 0 Å². The first kappa shape index (κ1) is 15.5. The molecule has 0 aliphatic rings. The average Bonchev–Trinajstić information content (AvgIpc) is 3.00. The fraction of sp³-hybridized carbons (Fsp3) is 0.357. The molecule has 0 spiro atoms. The highest BCUT2D eigenvalue weighted by Crippen LogP contribution is 2.25. The van der Waals surface area contributed by atoms with Gasteiger partial charge in [-0.2, -0.15) is 5.10 Å². The van der Waals surface area contributed by atoms with E-state index in [9.17, 15) is 4.79 Å². The number of aromatic nitrogens is 3. The van der Waals surface area contributed by atoms with Gasteiger partial charge in [0.05, 0.1) is 0 Å². The number of hydrogen-bond acceptors (Lipinski definition) is 5. The van der Waals surface area contributed by atoms with Crippen molar-refractivity contribution in [3.8, 4) is 0 Å². The summed E-state index contributed by atoms with van der Waals surface area (Å²) in [4.78, 5) is 16.9. The van der Waals surface area contributed by atoms with Crippen molar-refractivity contribution < 1.29 is 4.79 Å². The highest BCUT2D eigenvalue weighted by atomic mass is 32.2. The van der Waals surface area contributed by atoms with Gasteiger partial charge >= 0.3 is 0 Å². The molecular weight excluding hydrogens is 286 g/mol. The Balaban J connectivity index is 1.83. The first-order valence-corrected chi connectivity index (χ1v) is 7.62. The molecule has 1 aromatic heterocycles. The quantitative estimate of drug-likeness (QED) is 0.729. The summed E-state index contributed by atoms with van der Waals surface area (Å²) in [7, 11) is 0. The number of nitrogens with zero attached hydrogens (tertiary/aromatic N) is 2.